The summed E-state index contributed by atoms with van der Waals surface area (Å²) in [7, 11) is 0. The number of aromatic nitrogens is 2. The highest BCUT2D eigenvalue weighted by atomic mass is 32.2. The second kappa shape index (κ2) is 9.60. The summed E-state index contributed by atoms with van der Waals surface area (Å²) in [5, 5.41) is 0.785. The van der Waals surface area contributed by atoms with E-state index in [1.165, 1.54) is 17.1 Å². The van der Waals surface area contributed by atoms with Crippen molar-refractivity contribution in [3.05, 3.63) is 34.8 Å². The zero-order valence-corrected chi connectivity index (χ0v) is 17.7. The number of carbonyl (C=O) groups is 1. The third-order valence-electron chi connectivity index (χ3n) is 4.86. The van der Waals surface area contributed by atoms with E-state index in [0.29, 0.717) is 23.7 Å². The van der Waals surface area contributed by atoms with E-state index >= 15 is 0 Å². The number of Topliss-reactive ketones (excluding diaryl/α,β-unsaturated/α-hetero) is 1. The summed E-state index contributed by atoms with van der Waals surface area (Å²) in [6, 6.07) is 1.46. The molecule has 0 fully saturated rings. The Morgan fingerprint density at radius 3 is 2.69 bits per heavy atom. The van der Waals surface area contributed by atoms with E-state index in [4.69, 9.17) is 0 Å². The molecule has 3 atom stereocenters. The van der Waals surface area contributed by atoms with Crippen LogP contribution in [0.5, 0.6) is 0 Å². The van der Waals surface area contributed by atoms with Crippen molar-refractivity contribution < 1.29 is 9.18 Å². The SMILES string of the molecule is CCC(CC(=O)C(C)CSC)C(C)c1sc(-c2cncc(F)c2)nc1C. The van der Waals surface area contributed by atoms with Crippen LogP contribution in [0.25, 0.3) is 10.6 Å². The van der Waals surface area contributed by atoms with E-state index in [9.17, 15) is 9.18 Å². The van der Waals surface area contributed by atoms with E-state index in [2.05, 4.69) is 23.8 Å². The lowest BCUT2D eigenvalue weighted by Gasteiger charge is -2.23. The van der Waals surface area contributed by atoms with Crippen LogP contribution in [-0.2, 0) is 4.79 Å². The van der Waals surface area contributed by atoms with Gasteiger partial charge in [-0.2, -0.15) is 11.8 Å². The number of rotatable bonds is 9. The van der Waals surface area contributed by atoms with Crippen LogP contribution in [-0.4, -0.2) is 27.8 Å². The molecule has 26 heavy (non-hydrogen) atoms. The number of nitrogens with zero attached hydrogens (tertiary/aromatic N) is 2. The van der Waals surface area contributed by atoms with Gasteiger partial charge in [0.15, 0.2) is 0 Å². The van der Waals surface area contributed by atoms with Crippen molar-refractivity contribution in [2.45, 2.75) is 46.5 Å². The van der Waals surface area contributed by atoms with Gasteiger partial charge in [-0.1, -0.05) is 27.2 Å². The highest BCUT2D eigenvalue weighted by Gasteiger charge is 2.26. The first-order valence-electron chi connectivity index (χ1n) is 8.97. The van der Waals surface area contributed by atoms with Crippen molar-refractivity contribution in [1.82, 2.24) is 9.97 Å². The number of thioether (sulfide) groups is 1. The van der Waals surface area contributed by atoms with Gasteiger partial charge in [-0.25, -0.2) is 9.37 Å². The number of thiazole rings is 1. The zero-order valence-electron chi connectivity index (χ0n) is 16.1. The highest BCUT2D eigenvalue weighted by Crippen LogP contribution is 2.38. The number of ketones is 1. The van der Waals surface area contributed by atoms with E-state index in [-0.39, 0.29) is 17.7 Å². The van der Waals surface area contributed by atoms with Crippen LogP contribution in [0.15, 0.2) is 18.5 Å². The number of carbonyl (C=O) groups excluding carboxylic acids is 1. The summed E-state index contributed by atoms with van der Waals surface area (Å²) < 4.78 is 13.5. The number of hydrogen-bond acceptors (Lipinski definition) is 5. The van der Waals surface area contributed by atoms with E-state index in [1.54, 1.807) is 29.3 Å². The molecule has 2 aromatic heterocycles. The van der Waals surface area contributed by atoms with Gasteiger partial charge in [-0.05, 0) is 31.1 Å². The van der Waals surface area contributed by atoms with E-state index < -0.39 is 0 Å². The standard InChI is InChI=1S/C20H27FN2OS2/c1-6-15(8-18(24)12(2)11-25-5)13(3)19-14(4)23-20(26-19)16-7-17(21)10-22-9-16/h7,9-10,12-13,15H,6,8,11H2,1-5H3. The minimum Gasteiger partial charge on any atom is -0.299 e. The van der Waals surface area contributed by atoms with Gasteiger partial charge >= 0.3 is 0 Å². The number of pyridine rings is 1. The molecule has 2 rings (SSSR count). The third-order valence-corrected chi connectivity index (χ3v) is 7.10. The zero-order chi connectivity index (χ0) is 19.3. The van der Waals surface area contributed by atoms with Crippen LogP contribution in [0, 0.1) is 24.6 Å². The predicted octanol–water partition coefficient (Wildman–Crippen LogP) is 5.74. The molecule has 0 aliphatic rings. The first-order chi connectivity index (χ1) is 12.4. The van der Waals surface area contributed by atoms with Crippen molar-refractivity contribution in [3.63, 3.8) is 0 Å². The van der Waals surface area contributed by atoms with Gasteiger partial charge in [0.25, 0.3) is 0 Å². The van der Waals surface area contributed by atoms with Gasteiger partial charge in [-0.15, -0.1) is 11.3 Å². The highest BCUT2D eigenvalue weighted by molar-refractivity contribution is 7.98. The summed E-state index contributed by atoms with van der Waals surface area (Å²) in [6.45, 7) is 8.32. The van der Waals surface area contributed by atoms with Gasteiger partial charge < -0.3 is 0 Å². The summed E-state index contributed by atoms with van der Waals surface area (Å²) >= 11 is 3.30. The van der Waals surface area contributed by atoms with Crippen molar-refractivity contribution in [2.24, 2.45) is 11.8 Å². The quantitative estimate of drug-likeness (QED) is 0.544. The third kappa shape index (κ3) is 5.13. The topological polar surface area (TPSA) is 42.9 Å². The van der Waals surface area contributed by atoms with E-state index in [0.717, 1.165) is 22.9 Å². The molecule has 0 radical (unpaired) electrons. The number of hydrogen-bond donors (Lipinski definition) is 0. The summed E-state index contributed by atoms with van der Waals surface area (Å²) in [4.78, 5) is 22.2. The molecule has 142 valence electrons. The molecule has 0 amide bonds. The van der Waals surface area contributed by atoms with Crippen molar-refractivity contribution >= 4 is 28.9 Å². The van der Waals surface area contributed by atoms with Crippen LogP contribution < -0.4 is 0 Å². The lowest BCUT2D eigenvalue weighted by Crippen LogP contribution is -2.20. The van der Waals surface area contributed by atoms with Gasteiger partial charge in [0.2, 0.25) is 0 Å². The van der Waals surface area contributed by atoms with Crippen molar-refractivity contribution in [3.8, 4) is 10.6 Å². The average molecular weight is 395 g/mol. The van der Waals surface area contributed by atoms with Gasteiger partial charge in [0.1, 0.15) is 16.6 Å². The maximum Gasteiger partial charge on any atom is 0.142 e. The monoisotopic (exact) mass is 394 g/mol. The van der Waals surface area contributed by atoms with Crippen LogP contribution in [0.2, 0.25) is 0 Å². The molecule has 6 heteroatoms. The van der Waals surface area contributed by atoms with E-state index in [1.807, 2.05) is 20.1 Å². The van der Waals surface area contributed by atoms with Gasteiger partial charge in [0.05, 0.1) is 11.9 Å². The van der Waals surface area contributed by atoms with Crippen LogP contribution in [0.4, 0.5) is 4.39 Å². The smallest absolute Gasteiger partial charge is 0.142 e. The molecule has 0 spiro atoms. The average Bonchev–Trinajstić information content (AvgIpc) is 3.01. The second-order valence-corrected chi connectivity index (χ2v) is 8.79. The first kappa shape index (κ1) is 21.0. The molecular formula is C20H27FN2OS2. The molecule has 0 bridgehead atoms. The molecule has 0 aliphatic heterocycles. The molecule has 0 saturated carbocycles. The first-order valence-corrected chi connectivity index (χ1v) is 11.2. The fourth-order valence-electron chi connectivity index (χ4n) is 3.17. The molecule has 0 aliphatic carbocycles. The summed E-state index contributed by atoms with van der Waals surface area (Å²) in [5.41, 5.74) is 1.67. The molecule has 3 nitrogen and oxygen atoms in total. The Balaban J connectivity index is 2.19. The van der Waals surface area contributed by atoms with Crippen LogP contribution >= 0.6 is 23.1 Å². The Morgan fingerprint density at radius 1 is 1.35 bits per heavy atom. The fourth-order valence-corrected chi connectivity index (χ4v) is 5.05. The fraction of sp³-hybridized carbons (Fsp3) is 0.550. The maximum atomic E-state index is 13.5. The largest absolute Gasteiger partial charge is 0.299 e. The molecule has 2 heterocycles. The lowest BCUT2D eigenvalue weighted by atomic mass is 9.84. The molecule has 0 saturated heterocycles. The summed E-state index contributed by atoms with van der Waals surface area (Å²) in [6.07, 6.45) is 6.43. The summed E-state index contributed by atoms with van der Waals surface area (Å²) in [5.74, 6) is 1.50. The van der Waals surface area contributed by atoms with Crippen molar-refractivity contribution in [1.29, 1.82) is 0 Å². The normalized spacial score (nSPS) is 14.8. The Bertz CT molecular complexity index is 747. The Labute approximate surface area is 163 Å². The maximum absolute atomic E-state index is 13.5. The number of halogens is 1. The molecule has 2 aromatic rings. The van der Waals surface area contributed by atoms with Gasteiger partial charge in [0, 0.05) is 34.7 Å². The predicted molar refractivity (Wildman–Crippen MR) is 109 cm³/mol. The Morgan fingerprint density at radius 2 is 2.08 bits per heavy atom. The Hall–Kier alpha value is -1.27. The molecular weight excluding hydrogens is 367 g/mol. The Kier molecular flexibility index (Phi) is 7.77. The van der Waals surface area contributed by atoms with Gasteiger partial charge in [-0.3, -0.25) is 9.78 Å². The van der Waals surface area contributed by atoms with Crippen molar-refractivity contribution in [2.75, 3.05) is 12.0 Å². The second-order valence-electron chi connectivity index (χ2n) is 6.84. The van der Waals surface area contributed by atoms with Crippen LogP contribution in [0.3, 0.4) is 0 Å². The minimum atomic E-state index is -0.357. The van der Waals surface area contributed by atoms with Crippen LogP contribution in [0.1, 0.15) is 50.1 Å². The molecule has 0 aromatic carbocycles. The lowest BCUT2D eigenvalue weighted by molar-refractivity contribution is -0.122. The molecule has 0 N–H and O–H groups in total. The molecule has 3 unspecified atom stereocenters. The number of aryl methyl sites for hydroxylation is 1. The minimum absolute atomic E-state index is 0.0998.